The van der Waals surface area contributed by atoms with Crippen molar-refractivity contribution in [3.63, 3.8) is 0 Å². The van der Waals surface area contributed by atoms with Crippen molar-refractivity contribution in [1.82, 2.24) is 9.62 Å². The number of carbonyl (C=O) groups excluding carboxylic acids is 3. The molecule has 1 aliphatic carbocycles. The fourth-order valence-electron chi connectivity index (χ4n) is 2.69. The van der Waals surface area contributed by atoms with E-state index >= 15 is 0 Å². The first-order valence-electron chi connectivity index (χ1n) is 6.25. The third-order valence-corrected chi connectivity index (χ3v) is 5.93. The van der Waals surface area contributed by atoms with Crippen LogP contribution in [0.2, 0.25) is 0 Å². The second-order valence-corrected chi connectivity index (χ2v) is 7.04. The molecule has 20 heavy (non-hydrogen) atoms. The number of hydrogen-bond donors (Lipinski definition) is 1. The summed E-state index contributed by atoms with van der Waals surface area (Å²) in [7, 11) is -2.67. The third-order valence-electron chi connectivity index (χ3n) is 3.62. The second-order valence-electron chi connectivity index (χ2n) is 4.88. The van der Waals surface area contributed by atoms with E-state index in [2.05, 4.69) is 4.74 Å². The Balaban J connectivity index is 2.23. The van der Waals surface area contributed by atoms with Crippen molar-refractivity contribution in [2.24, 2.45) is 5.92 Å². The number of rotatable bonds is 3. The molecule has 8 nitrogen and oxygen atoms in total. The van der Waals surface area contributed by atoms with E-state index in [9.17, 15) is 22.8 Å². The molecule has 2 aliphatic rings. The van der Waals surface area contributed by atoms with Crippen molar-refractivity contribution in [2.75, 3.05) is 20.2 Å². The summed E-state index contributed by atoms with van der Waals surface area (Å²) in [6, 6.07) is 0. The lowest BCUT2D eigenvalue weighted by Crippen LogP contribution is -2.55. The predicted octanol–water partition coefficient (Wildman–Crippen LogP) is -1.38. The van der Waals surface area contributed by atoms with Crippen molar-refractivity contribution in [3.05, 3.63) is 0 Å². The molecule has 0 radical (unpaired) electrons. The van der Waals surface area contributed by atoms with E-state index in [1.165, 1.54) is 7.11 Å². The molecule has 1 saturated carbocycles. The van der Waals surface area contributed by atoms with E-state index in [0.29, 0.717) is 19.3 Å². The van der Waals surface area contributed by atoms with E-state index in [4.69, 9.17) is 0 Å². The maximum atomic E-state index is 12.5. The molecule has 0 spiro atoms. The Bertz CT molecular complexity index is 527. The van der Waals surface area contributed by atoms with Crippen LogP contribution in [0.15, 0.2) is 0 Å². The van der Waals surface area contributed by atoms with Gasteiger partial charge in [0.15, 0.2) is 0 Å². The smallest absolute Gasteiger partial charge is 0.310 e. The Morgan fingerprint density at radius 2 is 1.85 bits per heavy atom. The van der Waals surface area contributed by atoms with Crippen molar-refractivity contribution < 1.29 is 27.5 Å². The molecule has 2 atom stereocenters. The van der Waals surface area contributed by atoms with E-state index in [1.54, 1.807) is 0 Å². The van der Waals surface area contributed by atoms with E-state index in [-0.39, 0.29) is 0 Å². The Morgan fingerprint density at radius 1 is 1.25 bits per heavy atom. The Morgan fingerprint density at radius 3 is 2.40 bits per heavy atom. The molecule has 0 aromatic rings. The maximum absolute atomic E-state index is 12.5. The topological polar surface area (TPSA) is 110 Å². The van der Waals surface area contributed by atoms with Crippen molar-refractivity contribution in [1.29, 1.82) is 0 Å². The van der Waals surface area contributed by atoms with Crippen LogP contribution >= 0.6 is 0 Å². The summed E-state index contributed by atoms with van der Waals surface area (Å²) >= 11 is 0. The number of methoxy groups -OCH3 is 1. The summed E-state index contributed by atoms with van der Waals surface area (Å²) in [5, 5.41) is 1.12. The van der Waals surface area contributed by atoms with Crippen LogP contribution in [0.1, 0.15) is 19.3 Å². The molecule has 1 saturated heterocycles. The molecule has 0 aromatic heterocycles. The van der Waals surface area contributed by atoms with Gasteiger partial charge < -0.3 is 4.74 Å². The zero-order valence-electron chi connectivity index (χ0n) is 11.0. The fraction of sp³-hybridized carbons (Fsp3) is 0.727. The van der Waals surface area contributed by atoms with Crippen LogP contribution in [0.3, 0.4) is 0 Å². The van der Waals surface area contributed by atoms with E-state index < -0.39 is 52.1 Å². The van der Waals surface area contributed by atoms with Gasteiger partial charge in [-0.2, -0.15) is 4.31 Å². The van der Waals surface area contributed by atoms with Gasteiger partial charge in [-0.3, -0.25) is 19.7 Å². The SMILES string of the molecule is COC(=O)C1CCCC1S(=O)(=O)N1CC(=O)NC(=O)C1. The summed E-state index contributed by atoms with van der Waals surface area (Å²) in [4.78, 5) is 34.2. The Kier molecular flexibility index (Phi) is 4.09. The highest BCUT2D eigenvalue weighted by atomic mass is 32.2. The molecule has 9 heteroatoms. The summed E-state index contributed by atoms with van der Waals surface area (Å²) in [5.41, 5.74) is 0. The predicted molar refractivity (Wildman–Crippen MR) is 66.8 cm³/mol. The summed E-state index contributed by atoms with van der Waals surface area (Å²) in [6.07, 6.45) is 1.36. The summed E-state index contributed by atoms with van der Waals surface area (Å²) in [6.45, 7) is -0.781. The van der Waals surface area contributed by atoms with Gasteiger partial charge in [0.05, 0.1) is 31.4 Å². The molecule has 2 rings (SSSR count). The molecular formula is C11H16N2O6S. The largest absolute Gasteiger partial charge is 0.469 e. The number of piperazine rings is 1. The molecule has 112 valence electrons. The number of ether oxygens (including phenoxy) is 1. The quantitative estimate of drug-likeness (QED) is 0.508. The number of hydrogen-bond acceptors (Lipinski definition) is 6. The minimum Gasteiger partial charge on any atom is -0.469 e. The van der Waals surface area contributed by atoms with Gasteiger partial charge in [-0.05, 0) is 12.8 Å². The second kappa shape index (κ2) is 5.49. The lowest BCUT2D eigenvalue weighted by atomic mass is 10.1. The highest BCUT2D eigenvalue weighted by Crippen LogP contribution is 2.33. The highest BCUT2D eigenvalue weighted by Gasteiger charge is 2.46. The molecule has 0 bridgehead atoms. The fourth-order valence-corrected chi connectivity index (χ4v) is 4.79. The standard InChI is InChI=1S/C11H16N2O6S/c1-19-11(16)7-3-2-4-8(7)20(17,18)13-5-9(14)12-10(15)6-13/h7-8H,2-6H2,1H3,(H,12,14,15). The van der Waals surface area contributed by atoms with Crippen LogP contribution in [0.4, 0.5) is 0 Å². The third kappa shape index (κ3) is 2.68. The summed E-state index contributed by atoms with van der Waals surface area (Å²) < 4.78 is 30.5. The molecule has 1 aliphatic heterocycles. The first-order chi connectivity index (χ1) is 9.36. The minimum absolute atomic E-state index is 0.328. The first-order valence-corrected chi connectivity index (χ1v) is 7.76. The number of nitrogens with one attached hydrogen (secondary N) is 1. The molecule has 0 aromatic carbocycles. The zero-order chi connectivity index (χ0) is 14.9. The number of imide groups is 1. The molecule has 2 unspecified atom stereocenters. The average molecular weight is 304 g/mol. The number of esters is 1. The molecule has 2 fully saturated rings. The van der Waals surface area contributed by atoms with Crippen LogP contribution < -0.4 is 5.32 Å². The van der Waals surface area contributed by atoms with E-state index in [0.717, 1.165) is 4.31 Å². The van der Waals surface area contributed by atoms with Crippen molar-refractivity contribution >= 4 is 27.8 Å². The van der Waals surface area contributed by atoms with Crippen LogP contribution in [0, 0.1) is 5.92 Å². The number of sulfonamides is 1. The molecule has 1 N–H and O–H groups in total. The number of nitrogens with zero attached hydrogens (tertiary/aromatic N) is 1. The molecular weight excluding hydrogens is 288 g/mol. The minimum atomic E-state index is -3.88. The van der Waals surface area contributed by atoms with Gasteiger partial charge in [-0.15, -0.1) is 0 Å². The highest BCUT2D eigenvalue weighted by molar-refractivity contribution is 7.89. The van der Waals surface area contributed by atoms with E-state index in [1.807, 2.05) is 5.32 Å². The van der Waals surface area contributed by atoms with Gasteiger partial charge in [0.25, 0.3) is 0 Å². The van der Waals surface area contributed by atoms with Crippen LogP contribution in [0.5, 0.6) is 0 Å². The van der Waals surface area contributed by atoms with Crippen LogP contribution in [-0.4, -0.2) is 56.0 Å². The number of carbonyl (C=O) groups is 3. The van der Waals surface area contributed by atoms with Crippen LogP contribution in [-0.2, 0) is 29.1 Å². The zero-order valence-corrected chi connectivity index (χ0v) is 11.8. The molecule has 2 amide bonds. The van der Waals surface area contributed by atoms with Gasteiger partial charge in [0.1, 0.15) is 0 Å². The monoisotopic (exact) mass is 304 g/mol. The Hall–Kier alpha value is -1.48. The lowest BCUT2D eigenvalue weighted by Gasteiger charge is -2.29. The molecule has 1 heterocycles. The van der Waals surface area contributed by atoms with Crippen molar-refractivity contribution in [2.45, 2.75) is 24.5 Å². The van der Waals surface area contributed by atoms with Gasteiger partial charge in [0.2, 0.25) is 21.8 Å². The average Bonchev–Trinajstić information content (AvgIpc) is 2.86. The number of amides is 2. The first kappa shape index (κ1) is 14.9. The van der Waals surface area contributed by atoms with Gasteiger partial charge in [-0.1, -0.05) is 6.42 Å². The Labute approximate surface area is 116 Å². The van der Waals surface area contributed by atoms with Gasteiger partial charge >= 0.3 is 5.97 Å². The maximum Gasteiger partial charge on any atom is 0.310 e. The van der Waals surface area contributed by atoms with Gasteiger partial charge in [-0.25, -0.2) is 8.42 Å². The lowest BCUT2D eigenvalue weighted by molar-refractivity contribution is -0.145. The van der Waals surface area contributed by atoms with Crippen LogP contribution in [0.25, 0.3) is 0 Å². The van der Waals surface area contributed by atoms with Crippen molar-refractivity contribution in [3.8, 4) is 0 Å². The normalized spacial score (nSPS) is 28.2. The van der Waals surface area contributed by atoms with Gasteiger partial charge in [0, 0.05) is 0 Å². The summed E-state index contributed by atoms with van der Waals surface area (Å²) in [5.74, 6) is -2.61.